The Kier molecular flexibility index (Phi) is 4.92. The number of piperidine rings is 1. The van der Waals surface area contributed by atoms with E-state index in [1.807, 2.05) is 6.92 Å². The van der Waals surface area contributed by atoms with Crippen LogP contribution in [0.25, 0.3) is 0 Å². The van der Waals surface area contributed by atoms with Gasteiger partial charge in [0.05, 0.1) is 12.1 Å². The molecule has 0 aromatic rings. The maximum absolute atomic E-state index is 8.78. The fourth-order valence-electron chi connectivity index (χ4n) is 2.03. The van der Waals surface area contributed by atoms with Crippen LogP contribution in [0, 0.1) is 17.2 Å². The molecular formula is C11H21N3. The number of nitriles is 1. The van der Waals surface area contributed by atoms with Gasteiger partial charge in [0, 0.05) is 13.1 Å². The number of likely N-dealkylation sites (tertiary alicyclic amines) is 1. The van der Waals surface area contributed by atoms with Gasteiger partial charge in [0.15, 0.2) is 0 Å². The van der Waals surface area contributed by atoms with Crippen LogP contribution in [-0.4, -0.2) is 37.6 Å². The lowest BCUT2D eigenvalue weighted by molar-refractivity contribution is 0.204. The van der Waals surface area contributed by atoms with Crippen LogP contribution in [0.15, 0.2) is 0 Å². The van der Waals surface area contributed by atoms with Crippen molar-refractivity contribution in [3.8, 4) is 6.07 Å². The number of nitrogens with zero attached hydrogens (tertiary/aromatic N) is 2. The Labute approximate surface area is 87.1 Å². The number of rotatable bonds is 4. The zero-order valence-corrected chi connectivity index (χ0v) is 9.29. The standard InChI is InChI=1S/C11H21N3/c1-3-11(7-12)13-8-10-5-4-6-14(2)9-10/h10-11,13H,3-6,8-9H2,1-2H3. The van der Waals surface area contributed by atoms with Crippen molar-refractivity contribution in [2.45, 2.75) is 32.2 Å². The summed E-state index contributed by atoms with van der Waals surface area (Å²) in [6.07, 6.45) is 3.50. The quantitative estimate of drug-likeness (QED) is 0.733. The highest BCUT2D eigenvalue weighted by Gasteiger charge is 2.17. The molecule has 3 heteroatoms. The highest BCUT2D eigenvalue weighted by atomic mass is 15.1. The topological polar surface area (TPSA) is 39.1 Å². The number of hydrogen-bond donors (Lipinski definition) is 1. The molecule has 1 fully saturated rings. The second-order valence-electron chi connectivity index (χ2n) is 4.27. The number of nitrogens with one attached hydrogen (secondary N) is 1. The molecule has 1 rings (SSSR count). The van der Waals surface area contributed by atoms with E-state index in [9.17, 15) is 0 Å². The Balaban J connectivity index is 2.20. The van der Waals surface area contributed by atoms with E-state index in [2.05, 4.69) is 23.3 Å². The molecule has 0 aromatic carbocycles. The van der Waals surface area contributed by atoms with E-state index in [-0.39, 0.29) is 6.04 Å². The van der Waals surface area contributed by atoms with Gasteiger partial charge in [-0.15, -0.1) is 0 Å². The van der Waals surface area contributed by atoms with E-state index in [0.29, 0.717) is 0 Å². The third kappa shape index (κ3) is 3.65. The van der Waals surface area contributed by atoms with Crippen molar-refractivity contribution < 1.29 is 0 Å². The predicted molar refractivity (Wildman–Crippen MR) is 57.9 cm³/mol. The molecule has 0 spiro atoms. The SMILES string of the molecule is CCC(C#N)NCC1CCCN(C)C1. The Hall–Kier alpha value is -0.590. The molecule has 1 aliphatic heterocycles. The maximum Gasteiger partial charge on any atom is 0.0950 e. The lowest BCUT2D eigenvalue weighted by atomic mass is 9.98. The molecule has 1 heterocycles. The minimum Gasteiger partial charge on any atom is -0.306 e. The molecule has 2 atom stereocenters. The molecule has 1 aliphatic rings. The highest BCUT2D eigenvalue weighted by Crippen LogP contribution is 2.14. The molecule has 0 bridgehead atoms. The first-order valence-corrected chi connectivity index (χ1v) is 5.57. The van der Waals surface area contributed by atoms with Crippen molar-refractivity contribution in [2.75, 3.05) is 26.7 Å². The molecule has 80 valence electrons. The van der Waals surface area contributed by atoms with E-state index in [1.165, 1.54) is 25.9 Å². The van der Waals surface area contributed by atoms with E-state index in [4.69, 9.17) is 5.26 Å². The molecule has 3 nitrogen and oxygen atoms in total. The van der Waals surface area contributed by atoms with Gasteiger partial charge >= 0.3 is 0 Å². The van der Waals surface area contributed by atoms with E-state index in [0.717, 1.165) is 18.9 Å². The normalized spacial score (nSPS) is 25.6. The maximum atomic E-state index is 8.78. The predicted octanol–water partition coefficient (Wildman–Crippen LogP) is 1.22. The van der Waals surface area contributed by atoms with Gasteiger partial charge in [-0.2, -0.15) is 5.26 Å². The van der Waals surface area contributed by atoms with Crippen molar-refractivity contribution in [1.29, 1.82) is 5.26 Å². The molecule has 0 amide bonds. The third-order valence-corrected chi connectivity index (χ3v) is 2.94. The first kappa shape index (κ1) is 11.5. The zero-order valence-electron chi connectivity index (χ0n) is 9.29. The summed E-state index contributed by atoms with van der Waals surface area (Å²) in [4.78, 5) is 2.38. The van der Waals surface area contributed by atoms with Crippen LogP contribution in [0.4, 0.5) is 0 Å². The zero-order chi connectivity index (χ0) is 10.4. The smallest absolute Gasteiger partial charge is 0.0950 e. The van der Waals surface area contributed by atoms with E-state index in [1.54, 1.807) is 0 Å². The van der Waals surface area contributed by atoms with Crippen LogP contribution in [-0.2, 0) is 0 Å². The summed E-state index contributed by atoms with van der Waals surface area (Å²) in [6.45, 7) is 5.45. The van der Waals surface area contributed by atoms with Gasteiger partial charge in [-0.05, 0) is 38.8 Å². The van der Waals surface area contributed by atoms with Crippen molar-refractivity contribution in [1.82, 2.24) is 10.2 Å². The van der Waals surface area contributed by atoms with Crippen LogP contribution in [0.5, 0.6) is 0 Å². The van der Waals surface area contributed by atoms with Gasteiger partial charge in [0.2, 0.25) is 0 Å². The Morgan fingerprint density at radius 1 is 1.64 bits per heavy atom. The average Bonchev–Trinajstić information content (AvgIpc) is 2.19. The summed E-state index contributed by atoms with van der Waals surface area (Å²) < 4.78 is 0. The van der Waals surface area contributed by atoms with Crippen LogP contribution < -0.4 is 5.32 Å². The molecular weight excluding hydrogens is 174 g/mol. The first-order valence-electron chi connectivity index (χ1n) is 5.57. The van der Waals surface area contributed by atoms with Gasteiger partial charge in [0.25, 0.3) is 0 Å². The minimum atomic E-state index is 0.0437. The molecule has 0 aliphatic carbocycles. The monoisotopic (exact) mass is 195 g/mol. The Morgan fingerprint density at radius 2 is 2.43 bits per heavy atom. The summed E-state index contributed by atoms with van der Waals surface area (Å²) in [5, 5.41) is 12.1. The van der Waals surface area contributed by atoms with Crippen LogP contribution >= 0.6 is 0 Å². The van der Waals surface area contributed by atoms with Gasteiger partial charge in [0.1, 0.15) is 0 Å². The molecule has 0 aromatic heterocycles. The summed E-state index contributed by atoms with van der Waals surface area (Å²) in [6, 6.07) is 2.32. The lowest BCUT2D eigenvalue weighted by Crippen LogP contribution is -2.40. The van der Waals surface area contributed by atoms with Crippen molar-refractivity contribution >= 4 is 0 Å². The number of hydrogen-bond acceptors (Lipinski definition) is 3. The fourth-order valence-corrected chi connectivity index (χ4v) is 2.03. The van der Waals surface area contributed by atoms with Crippen LogP contribution in [0.1, 0.15) is 26.2 Å². The third-order valence-electron chi connectivity index (χ3n) is 2.94. The van der Waals surface area contributed by atoms with E-state index < -0.39 is 0 Å². The van der Waals surface area contributed by atoms with Gasteiger partial charge < -0.3 is 10.2 Å². The molecule has 1 N–H and O–H groups in total. The summed E-state index contributed by atoms with van der Waals surface area (Å²) in [7, 11) is 2.17. The summed E-state index contributed by atoms with van der Waals surface area (Å²) in [5.74, 6) is 0.733. The molecule has 0 saturated carbocycles. The van der Waals surface area contributed by atoms with Crippen molar-refractivity contribution in [2.24, 2.45) is 5.92 Å². The van der Waals surface area contributed by atoms with Crippen molar-refractivity contribution in [3.05, 3.63) is 0 Å². The van der Waals surface area contributed by atoms with Gasteiger partial charge in [-0.25, -0.2) is 0 Å². The Morgan fingerprint density at radius 3 is 3.00 bits per heavy atom. The molecule has 0 radical (unpaired) electrons. The fraction of sp³-hybridized carbons (Fsp3) is 0.909. The largest absolute Gasteiger partial charge is 0.306 e. The van der Waals surface area contributed by atoms with Gasteiger partial charge in [-0.3, -0.25) is 0 Å². The second kappa shape index (κ2) is 6.00. The van der Waals surface area contributed by atoms with Gasteiger partial charge in [-0.1, -0.05) is 6.92 Å². The minimum absolute atomic E-state index is 0.0437. The van der Waals surface area contributed by atoms with E-state index >= 15 is 0 Å². The first-order chi connectivity index (χ1) is 6.76. The second-order valence-corrected chi connectivity index (χ2v) is 4.27. The van der Waals surface area contributed by atoms with Crippen LogP contribution in [0.2, 0.25) is 0 Å². The molecule has 1 saturated heterocycles. The molecule has 14 heavy (non-hydrogen) atoms. The van der Waals surface area contributed by atoms with Crippen molar-refractivity contribution in [3.63, 3.8) is 0 Å². The summed E-state index contributed by atoms with van der Waals surface area (Å²) >= 11 is 0. The lowest BCUT2D eigenvalue weighted by Gasteiger charge is -2.30. The highest BCUT2D eigenvalue weighted by molar-refractivity contribution is 4.89. The summed E-state index contributed by atoms with van der Waals surface area (Å²) in [5.41, 5.74) is 0. The molecule has 2 unspecified atom stereocenters. The van der Waals surface area contributed by atoms with Crippen LogP contribution in [0.3, 0.4) is 0 Å². The Bertz CT molecular complexity index is 197. The average molecular weight is 195 g/mol.